The Labute approximate surface area is 249 Å². The summed E-state index contributed by atoms with van der Waals surface area (Å²) in [5, 5.41) is 9.22. The molecule has 4 nitrogen and oxygen atoms in total. The van der Waals surface area contributed by atoms with E-state index in [1.54, 1.807) is 0 Å². The first-order chi connectivity index (χ1) is 19.6. The van der Waals surface area contributed by atoms with E-state index in [4.69, 9.17) is 4.74 Å². The highest BCUT2D eigenvalue weighted by Crippen LogP contribution is 2.16. The maximum Gasteiger partial charge on any atom is 0.309 e. The third kappa shape index (κ3) is 29.7. The summed E-state index contributed by atoms with van der Waals surface area (Å²) in [6.45, 7) is 4.94. The van der Waals surface area contributed by atoms with Gasteiger partial charge in [-0.05, 0) is 25.7 Å². The number of hydrogen-bond acceptors (Lipinski definition) is 3. The molecule has 0 aromatic carbocycles. The second kappa shape index (κ2) is 32.2. The molecular weight excluding hydrogens is 496 g/mol. The number of carboxylic acid groups (broad SMARTS) is 1. The summed E-state index contributed by atoms with van der Waals surface area (Å²) >= 11 is 0. The van der Waals surface area contributed by atoms with Gasteiger partial charge in [-0.2, -0.15) is 0 Å². The standard InChI is InChI=1S/C36H68O4/c1-3-5-7-9-11-13-15-17-18-19-20-21-23-25-27-29-31-34(33-35(37)38)36(39)40-32-30-28-26-24-22-16-14-12-10-8-6-4-2/h27,29,34H,3-26,28,30-33H2,1-2H3,(H,37,38). The van der Waals surface area contributed by atoms with Gasteiger partial charge < -0.3 is 9.84 Å². The van der Waals surface area contributed by atoms with Crippen LogP contribution in [-0.2, 0) is 14.3 Å². The van der Waals surface area contributed by atoms with Gasteiger partial charge >= 0.3 is 11.9 Å². The average molecular weight is 565 g/mol. The molecule has 0 amide bonds. The van der Waals surface area contributed by atoms with Crippen molar-refractivity contribution in [2.75, 3.05) is 6.61 Å². The van der Waals surface area contributed by atoms with Crippen LogP contribution in [0.2, 0.25) is 0 Å². The van der Waals surface area contributed by atoms with Gasteiger partial charge in [0.1, 0.15) is 0 Å². The van der Waals surface area contributed by atoms with E-state index in [-0.39, 0.29) is 12.4 Å². The average Bonchev–Trinajstić information content (AvgIpc) is 2.94. The van der Waals surface area contributed by atoms with Crippen LogP contribution in [0, 0.1) is 5.92 Å². The lowest BCUT2D eigenvalue weighted by atomic mass is 10.0. The zero-order valence-electron chi connectivity index (χ0n) is 26.9. The van der Waals surface area contributed by atoms with Crippen LogP contribution in [0.25, 0.3) is 0 Å². The molecule has 0 radical (unpaired) electrons. The van der Waals surface area contributed by atoms with Gasteiger partial charge in [-0.25, -0.2) is 0 Å². The lowest BCUT2D eigenvalue weighted by Gasteiger charge is -2.12. The van der Waals surface area contributed by atoms with Crippen LogP contribution in [0.5, 0.6) is 0 Å². The molecule has 0 aromatic rings. The lowest BCUT2D eigenvalue weighted by molar-refractivity contribution is -0.153. The number of ether oxygens (including phenoxy) is 1. The first-order valence-electron chi connectivity index (χ1n) is 17.6. The molecule has 1 N–H and O–H groups in total. The van der Waals surface area contributed by atoms with E-state index in [9.17, 15) is 14.7 Å². The summed E-state index contributed by atoms with van der Waals surface area (Å²) in [7, 11) is 0. The third-order valence-corrected chi connectivity index (χ3v) is 8.06. The largest absolute Gasteiger partial charge is 0.481 e. The lowest BCUT2D eigenvalue weighted by Crippen LogP contribution is -2.21. The molecule has 1 atom stereocenters. The van der Waals surface area contributed by atoms with E-state index < -0.39 is 11.9 Å². The Morgan fingerprint density at radius 1 is 0.550 bits per heavy atom. The van der Waals surface area contributed by atoms with Crippen LogP contribution in [-0.4, -0.2) is 23.7 Å². The zero-order valence-corrected chi connectivity index (χ0v) is 26.9. The van der Waals surface area contributed by atoms with Gasteiger partial charge in [-0.1, -0.05) is 174 Å². The quantitative estimate of drug-likeness (QED) is 0.0501. The van der Waals surface area contributed by atoms with Crippen LogP contribution in [0.3, 0.4) is 0 Å². The van der Waals surface area contributed by atoms with Crippen molar-refractivity contribution in [3.63, 3.8) is 0 Å². The number of unbranched alkanes of at least 4 members (excludes halogenated alkanes) is 24. The van der Waals surface area contributed by atoms with E-state index in [0.717, 1.165) is 19.3 Å². The van der Waals surface area contributed by atoms with E-state index in [0.29, 0.717) is 13.0 Å². The molecule has 4 heteroatoms. The molecule has 0 bridgehead atoms. The molecule has 0 spiro atoms. The van der Waals surface area contributed by atoms with Crippen molar-refractivity contribution in [2.24, 2.45) is 5.92 Å². The molecule has 1 unspecified atom stereocenters. The third-order valence-electron chi connectivity index (χ3n) is 8.06. The fraction of sp³-hybridized carbons (Fsp3) is 0.889. The van der Waals surface area contributed by atoms with Crippen molar-refractivity contribution in [3.8, 4) is 0 Å². The van der Waals surface area contributed by atoms with Crippen molar-refractivity contribution >= 4 is 11.9 Å². The van der Waals surface area contributed by atoms with Gasteiger partial charge in [0.05, 0.1) is 18.9 Å². The van der Waals surface area contributed by atoms with Crippen LogP contribution in [0.4, 0.5) is 0 Å². The minimum Gasteiger partial charge on any atom is -0.481 e. The molecule has 0 saturated heterocycles. The summed E-state index contributed by atoms with van der Waals surface area (Å²) in [4.78, 5) is 23.7. The SMILES string of the molecule is CCCCCCCCCCCCCCCC=CCC(CC(=O)O)C(=O)OCCCCCCCCCCCCCC. The summed E-state index contributed by atoms with van der Waals surface area (Å²) in [6, 6.07) is 0. The summed E-state index contributed by atoms with van der Waals surface area (Å²) in [5.74, 6) is -1.86. The predicted molar refractivity (Wildman–Crippen MR) is 172 cm³/mol. The van der Waals surface area contributed by atoms with Gasteiger partial charge in [0, 0.05) is 0 Å². The van der Waals surface area contributed by atoms with Crippen LogP contribution < -0.4 is 0 Å². The normalized spacial score (nSPS) is 12.2. The molecule has 0 rings (SSSR count). The zero-order chi connectivity index (χ0) is 29.4. The van der Waals surface area contributed by atoms with Crippen molar-refractivity contribution in [2.45, 2.75) is 194 Å². The van der Waals surface area contributed by atoms with Crippen LogP contribution in [0.15, 0.2) is 12.2 Å². The highest BCUT2D eigenvalue weighted by Gasteiger charge is 2.21. The molecule has 40 heavy (non-hydrogen) atoms. The maximum absolute atomic E-state index is 12.5. The topological polar surface area (TPSA) is 63.6 Å². The molecule has 0 aliphatic carbocycles. The number of rotatable bonds is 32. The molecule has 0 fully saturated rings. The molecule has 236 valence electrons. The summed E-state index contributed by atoms with van der Waals surface area (Å²) in [6.07, 6.45) is 38.2. The van der Waals surface area contributed by atoms with Gasteiger partial charge in [0.25, 0.3) is 0 Å². The van der Waals surface area contributed by atoms with Crippen LogP contribution in [0.1, 0.15) is 194 Å². The maximum atomic E-state index is 12.5. The van der Waals surface area contributed by atoms with Crippen LogP contribution >= 0.6 is 0 Å². The van der Waals surface area contributed by atoms with E-state index in [1.165, 1.54) is 148 Å². The van der Waals surface area contributed by atoms with E-state index in [1.807, 2.05) is 6.08 Å². The van der Waals surface area contributed by atoms with E-state index in [2.05, 4.69) is 19.9 Å². The molecule has 0 saturated carbocycles. The summed E-state index contributed by atoms with van der Waals surface area (Å²) < 4.78 is 5.44. The fourth-order valence-corrected chi connectivity index (χ4v) is 5.37. The molecule has 0 aromatic heterocycles. The van der Waals surface area contributed by atoms with Crippen molar-refractivity contribution in [3.05, 3.63) is 12.2 Å². The van der Waals surface area contributed by atoms with Crippen molar-refractivity contribution < 1.29 is 19.4 Å². The van der Waals surface area contributed by atoms with Crippen molar-refractivity contribution in [1.82, 2.24) is 0 Å². The number of carboxylic acids is 1. The monoisotopic (exact) mass is 565 g/mol. The number of hydrogen-bond donors (Lipinski definition) is 1. The van der Waals surface area contributed by atoms with Gasteiger partial charge in [0.2, 0.25) is 0 Å². The van der Waals surface area contributed by atoms with Crippen molar-refractivity contribution in [1.29, 1.82) is 0 Å². The number of carbonyl (C=O) groups excluding carboxylic acids is 1. The first-order valence-corrected chi connectivity index (χ1v) is 17.6. The second-order valence-electron chi connectivity index (χ2n) is 12.1. The number of allylic oxidation sites excluding steroid dienone is 2. The Balaban J connectivity index is 3.71. The van der Waals surface area contributed by atoms with Gasteiger partial charge in [-0.15, -0.1) is 0 Å². The smallest absolute Gasteiger partial charge is 0.309 e. The Bertz CT molecular complexity index is 571. The van der Waals surface area contributed by atoms with Gasteiger partial charge in [-0.3, -0.25) is 9.59 Å². The Morgan fingerprint density at radius 2 is 0.925 bits per heavy atom. The molecule has 0 aliphatic rings. The minimum absolute atomic E-state index is 0.152. The van der Waals surface area contributed by atoms with E-state index >= 15 is 0 Å². The molecule has 0 aliphatic heterocycles. The summed E-state index contributed by atoms with van der Waals surface area (Å²) in [5.41, 5.74) is 0. The minimum atomic E-state index is -0.933. The first kappa shape index (κ1) is 38.7. The second-order valence-corrected chi connectivity index (χ2v) is 12.1. The number of aliphatic carboxylic acids is 1. The highest BCUT2D eigenvalue weighted by atomic mass is 16.5. The Hall–Kier alpha value is -1.32. The number of carbonyl (C=O) groups is 2. The molecular formula is C36H68O4. The van der Waals surface area contributed by atoms with Gasteiger partial charge in [0.15, 0.2) is 0 Å². The molecule has 0 heterocycles. The predicted octanol–water partition coefficient (Wildman–Crippen LogP) is 11.7. The Morgan fingerprint density at radius 3 is 1.32 bits per heavy atom. The fourth-order valence-electron chi connectivity index (χ4n) is 5.37. The highest BCUT2D eigenvalue weighted by molar-refractivity contribution is 5.79. The Kier molecular flexibility index (Phi) is 31.1. The number of esters is 1.